The van der Waals surface area contributed by atoms with Crippen LogP contribution >= 0.6 is 0 Å². The largest absolute Gasteiger partial charge is 0.349 e. The van der Waals surface area contributed by atoms with Crippen molar-refractivity contribution in [1.82, 2.24) is 5.32 Å². The van der Waals surface area contributed by atoms with Gasteiger partial charge < -0.3 is 15.5 Å². The quantitative estimate of drug-likeness (QED) is 0.711. The molecule has 25 heavy (non-hydrogen) atoms. The Kier molecular flexibility index (Phi) is 5.46. The molecule has 0 saturated heterocycles. The second kappa shape index (κ2) is 7.94. The Morgan fingerprint density at radius 3 is 2.44 bits per heavy atom. The van der Waals surface area contributed by atoms with Crippen molar-refractivity contribution in [3.8, 4) is 0 Å². The number of para-hydroxylation sites is 1. The summed E-state index contributed by atoms with van der Waals surface area (Å²) in [6, 6.07) is 17.5. The lowest BCUT2D eigenvalue weighted by Gasteiger charge is -2.15. The molecule has 2 aromatic carbocycles. The van der Waals surface area contributed by atoms with Crippen LogP contribution in [0.15, 0.2) is 54.6 Å². The van der Waals surface area contributed by atoms with Crippen LogP contribution in [0.5, 0.6) is 0 Å². The lowest BCUT2D eigenvalue weighted by Crippen LogP contribution is -3.08. The summed E-state index contributed by atoms with van der Waals surface area (Å²) in [5, 5.41) is 5.84. The monoisotopic (exact) mass is 338 g/mol. The summed E-state index contributed by atoms with van der Waals surface area (Å²) >= 11 is 0. The van der Waals surface area contributed by atoms with Crippen molar-refractivity contribution in [2.24, 2.45) is 0 Å². The Morgan fingerprint density at radius 1 is 1.04 bits per heavy atom. The Labute approximate surface area is 148 Å². The normalized spacial score (nSPS) is 14.6. The average molecular weight is 338 g/mol. The number of likely N-dealkylation sites (N-methyl/N-ethyl adjacent to an activating group) is 1. The molecule has 1 aliphatic rings. The highest BCUT2D eigenvalue weighted by Gasteiger charge is 2.25. The van der Waals surface area contributed by atoms with Crippen molar-refractivity contribution in [2.45, 2.75) is 25.4 Å². The number of carbonyl (C=O) groups is 2. The van der Waals surface area contributed by atoms with Crippen LogP contribution in [0.4, 0.5) is 5.69 Å². The molecule has 0 aromatic heterocycles. The smallest absolute Gasteiger partial charge is 0.279 e. The predicted molar refractivity (Wildman–Crippen MR) is 97.5 cm³/mol. The van der Waals surface area contributed by atoms with Crippen LogP contribution in [-0.4, -0.2) is 31.4 Å². The van der Waals surface area contributed by atoms with Crippen molar-refractivity contribution in [1.29, 1.82) is 0 Å². The number of carbonyl (C=O) groups excluding carboxylic acids is 2. The second-order valence-corrected chi connectivity index (χ2v) is 6.64. The van der Waals surface area contributed by atoms with E-state index in [1.807, 2.05) is 37.4 Å². The van der Waals surface area contributed by atoms with Gasteiger partial charge in [0.1, 0.15) is 6.54 Å². The van der Waals surface area contributed by atoms with Crippen LogP contribution < -0.4 is 15.5 Å². The van der Waals surface area contributed by atoms with Gasteiger partial charge in [-0.15, -0.1) is 0 Å². The third-order valence-electron chi connectivity index (χ3n) is 4.17. The van der Waals surface area contributed by atoms with Gasteiger partial charge in [0.15, 0.2) is 6.54 Å². The summed E-state index contributed by atoms with van der Waals surface area (Å²) in [5.74, 6) is -0.219. The van der Waals surface area contributed by atoms with Crippen LogP contribution in [0.25, 0.3) is 0 Å². The van der Waals surface area contributed by atoms with E-state index in [0.29, 0.717) is 17.8 Å². The number of rotatable bonds is 7. The van der Waals surface area contributed by atoms with Crippen molar-refractivity contribution < 1.29 is 14.5 Å². The molecule has 1 atom stereocenters. The fourth-order valence-electron chi connectivity index (χ4n) is 2.76. The van der Waals surface area contributed by atoms with E-state index in [-0.39, 0.29) is 17.9 Å². The number of benzene rings is 2. The first kappa shape index (κ1) is 17.2. The zero-order chi connectivity index (χ0) is 17.6. The highest BCUT2D eigenvalue weighted by molar-refractivity contribution is 6.04. The third kappa shape index (κ3) is 5.16. The van der Waals surface area contributed by atoms with E-state index in [9.17, 15) is 9.59 Å². The number of hydrogen-bond acceptors (Lipinski definition) is 2. The molecule has 5 heteroatoms. The minimum Gasteiger partial charge on any atom is -0.349 e. The highest BCUT2D eigenvalue weighted by atomic mass is 16.2. The number of nitrogens with one attached hydrogen (secondary N) is 3. The number of amides is 2. The van der Waals surface area contributed by atoms with E-state index < -0.39 is 0 Å². The Morgan fingerprint density at radius 2 is 1.72 bits per heavy atom. The van der Waals surface area contributed by atoms with Crippen molar-refractivity contribution in [3.63, 3.8) is 0 Å². The van der Waals surface area contributed by atoms with Gasteiger partial charge in [0.2, 0.25) is 0 Å². The first-order valence-corrected chi connectivity index (χ1v) is 8.67. The summed E-state index contributed by atoms with van der Waals surface area (Å²) < 4.78 is 0. The molecule has 2 aromatic rings. The Bertz CT molecular complexity index is 742. The maximum absolute atomic E-state index is 12.4. The molecule has 1 aliphatic carbocycles. The van der Waals surface area contributed by atoms with E-state index in [0.717, 1.165) is 24.3 Å². The third-order valence-corrected chi connectivity index (χ3v) is 4.17. The molecule has 0 aliphatic heterocycles. The van der Waals surface area contributed by atoms with Crippen molar-refractivity contribution in [3.05, 3.63) is 65.7 Å². The summed E-state index contributed by atoms with van der Waals surface area (Å²) in [4.78, 5) is 25.7. The molecular formula is C20H24N3O2+. The van der Waals surface area contributed by atoms with E-state index in [4.69, 9.17) is 0 Å². The fraction of sp³-hybridized carbons (Fsp3) is 0.300. The van der Waals surface area contributed by atoms with Gasteiger partial charge in [-0.3, -0.25) is 9.59 Å². The van der Waals surface area contributed by atoms with Gasteiger partial charge in [0.25, 0.3) is 11.8 Å². The molecule has 0 bridgehead atoms. The zero-order valence-electron chi connectivity index (χ0n) is 14.4. The molecule has 0 radical (unpaired) electrons. The molecule has 2 amide bonds. The topological polar surface area (TPSA) is 62.6 Å². The molecule has 3 rings (SSSR count). The molecule has 3 N–H and O–H groups in total. The lowest BCUT2D eigenvalue weighted by atomic mass is 10.1. The van der Waals surface area contributed by atoms with E-state index in [1.165, 1.54) is 5.56 Å². The van der Waals surface area contributed by atoms with Gasteiger partial charge in [-0.05, 0) is 25.0 Å². The molecule has 0 spiro atoms. The zero-order valence-corrected chi connectivity index (χ0v) is 14.4. The molecule has 1 fully saturated rings. The minimum atomic E-state index is -0.122. The first-order valence-electron chi connectivity index (χ1n) is 8.67. The van der Waals surface area contributed by atoms with Gasteiger partial charge >= 0.3 is 0 Å². The SMILES string of the molecule is C[NH+](CC(=O)Nc1ccccc1C(=O)NC1CC1)Cc1ccccc1. The van der Waals surface area contributed by atoms with Gasteiger partial charge in [-0.2, -0.15) is 0 Å². The standard InChI is InChI=1S/C20H23N3O2/c1-23(13-15-7-3-2-4-8-15)14-19(24)22-18-10-6-5-9-17(18)20(25)21-16-11-12-16/h2-10,16H,11-14H2,1H3,(H,21,25)(H,22,24)/p+1. The molecule has 1 unspecified atom stereocenters. The van der Waals surface area contributed by atoms with E-state index >= 15 is 0 Å². The van der Waals surface area contributed by atoms with E-state index in [1.54, 1.807) is 12.1 Å². The minimum absolute atomic E-state index is 0.0971. The first-order chi connectivity index (χ1) is 12.1. The van der Waals surface area contributed by atoms with Gasteiger partial charge in [0.05, 0.1) is 18.3 Å². The maximum Gasteiger partial charge on any atom is 0.279 e. The van der Waals surface area contributed by atoms with Gasteiger partial charge in [-0.25, -0.2) is 0 Å². The van der Waals surface area contributed by atoms with Crippen LogP contribution in [0, 0.1) is 0 Å². The molecule has 0 heterocycles. The summed E-state index contributed by atoms with van der Waals surface area (Å²) in [5.41, 5.74) is 2.28. The second-order valence-electron chi connectivity index (χ2n) is 6.64. The number of quaternary nitrogens is 1. The molecule has 1 saturated carbocycles. The summed E-state index contributed by atoms with van der Waals surface area (Å²) in [6.07, 6.45) is 2.07. The lowest BCUT2D eigenvalue weighted by molar-refractivity contribution is -0.885. The van der Waals surface area contributed by atoms with Crippen LogP contribution in [-0.2, 0) is 11.3 Å². The van der Waals surface area contributed by atoms with Crippen molar-refractivity contribution in [2.75, 3.05) is 18.9 Å². The van der Waals surface area contributed by atoms with Crippen LogP contribution in [0.1, 0.15) is 28.8 Å². The summed E-state index contributed by atoms with van der Waals surface area (Å²) in [6.45, 7) is 1.12. The van der Waals surface area contributed by atoms with Crippen LogP contribution in [0.2, 0.25) is 0 Å². The van der Waals surface area contributed by atoms with Gasteiger partial charge in [-0.1, -0.05) is 42.5 Å². The number of hydrogen-bond donors (Lipinski definition) is 3. The molecule has 130 valence electrons. The fourth-order valence-corrected chi connectivity index (χ4v) is 2.76. The average Bonchev–Trinajstić information content (AvgIpc) is 3.40. The molecular weight excluding hydrogens is 314 g/mol. The predicted octanol–water partition coefficient (Wildman–Crippen LogP) is 1.23. The number of anilines is 1. The molecule has 5 nitrogen and oxygen atoms in total. The van der Waals surface area contributed by atoms with Crippen molar-refractivity contribution >= 4 is 17.5 Å². The summed E-state index contributed by atoms with van der Waals surface area (Å²) in [7, 11) is 1.98. The van der Waals surface area contributed by atoms with Gasteiger partial charge in [0, 0.05) is 11.6 Å². The Hall–Kier alpha value is -2.66. The highest BCUT2D eigenvalue weighted by Crippen LogP contribution is 2.21. The Balaban J connectivity index is 1.58. The maximum atomic E-state index is 12.4. The van der Waals surface area contributed by atoms with E-state index in [2.05, 4.69) is 22.8 Å². The van der Waals surface area contributed by atoms with Crippen LogP contribution in [0.3, 0.4) is 0 Å².